The van der Waals surface area contributed by atoms with E-state index in [0.717, 1.165) is 36.4 Å². The highest BCUT2D eigenvalue weighted by Crippen LogP contribution is 2.24. The number of anilines is 1. The lowest BCUT2D eigenvalue weighted by Gasteiger charge is -2.32. The minimum Gasteiger partial charge on any atom is -0.355 e. The topological polar surface area (TPSA) is 61.0 Å². The fourth-order valence-electron chi connectivity index (χ4n) is 3.77. The van der Waals surface area contributed by atoms with Gasteiger partial charge in [-0.05, 0) is 36.5 Å². The Labute approximate surface area is 159 Å². The molecule has 1 aliphatic heterocycles. The number of para-hydroxylation sites is 2. The van der Waals surface area contributed by atoms with Crippen LogP contribution in [0.2, 0.25) is 0 Å². The number of imidazole rings is 1. The molecule has 1 amide bonds. The lowest BCUT2D eigenvalue weighted by atomic mass is 9.96. The summed E-state index contributed by atoms with van der Waals surface area (Å²) >= 11 is 0. The molecule has 3 aromatic rings. The average Bonchev–Trinajstić information content (AvgIpc) is 3.17. The third kappa shape index (κ3) is 3.97. The van der Waals surface area contributed by atoms with Gasteiger partial charge in [0.05, 0.1) is 17.0 Å². The van der Waals surface area contributed by atoms with E-state index in [1.165, 1.54) is 5.56 Å². The fraction of sp³-hybridized carbons (Fsp3) is 0.364. The first-order chi connectivity index (χ1) is 13.2. The minimum absolute atomic E-state index is 0.00920. The summed E-state index contributed by atoms with van der Waals surface area (Å²) in [4.78, 5) is 23.0. The van der Waals surface area contributed by atoms with E-state index in [1.54, 1.807) is 0 Å². The molecule has 0 aliphatic carbocycles. The number of aromatic amines is 1. The number of nitrogens with zero attached hydrogens (tertiary/aromatic N) is 2. The maximum Gasteiger partial charge on any atom is 0.224 e. The zero-order chi connectivity index (χ0) is 18.6. The number of aromatic nitrogens is 2. The Morgan fingerprint density at radius 1 is 1.22 bits per heavy atom. The van der Waals surface area contributed by atoms with E-state index in [1.807, 2.05) is 42.5 Å². The summed E-state index contributed by atoms with van der Waals surface area (Å²) in [6, 6.07) is 18.4. The van der Waals surface area contributed by atoms with Crippen LogP contribution in [0.4, 0.5) is 5.95 Å². The maximum absolute atomic E-state index is 12.7. The van der Waals surface area contributed by atoms with Gasteiger partial charge in [0.2, 0.25) is 11.9 Å². The van der Waals surface area contributed by atoms with Gasteiger partial charge in [-0.3, -0.25) is 4.79 Å². The van der Waals surface area contributed by atoms with Gasteiger partial charge in [-0.25, -0.2) is 4.98 Å². The largest absolute Gasteiger partial charge is 0.355 e. The number of piperidine rings is 1. The highest BCUT2D eigenvalue weighted by molar-refractivity contribution is 5.80. The standard InChI is InChI=1S/C22H26N4O/c1-16(17-8-3-2-4-9-17)14-23-21(27)18-10-7-13-26(15-18)22-24-19-11-5-6-12-20(19)25-22/h2-6,8-9,11-12,16,18H,7,10,13-15H2,1H3,(H,23,27)(H,24,25)/t16-,18+/m1/s1. The van der Waals surface area contributed by atoms with Crippen LogP contribution in [0.25, 0.3) is 11.0 Å². The number of hydrogen-bond donors (Lipinski definition) is 2. The van der Waals surface area contributed by atoms with Crippen LogP contribution in [0.15, 0.2) is 54.6 Å². The molecule has 0 bridgehead atoms. The summed E-state index contributed by atoms with van der Waals surface area (Å²) in [6.45, 7) is 4.47. The van der Waals surface area contributed by atoms with Gasteiger partial charge in [0.15, 0.2) is 0 Å². The third-order valence-corrected chi connectivity index (χ3v) is 5.42. The second-order valence-corrected chi connectivity index (χ2v) is 7.42. The monoisotopic (exact) mass is 362 g/mol. The van der Waals surface area contributed by atoms with Gasteiger partial charge in [0.25, 0.3) is 0 Å². The Hall–Kier alpha value is -2.82. The van der Waals surface area contributed by atoms with Crippen molar-refractivity contribution in [3.63, 3.8) is 0 Å². The number of H-pyrrole nitrogens is 1. The van der Waals surface area contributed by atoms with Crippen molar-refractivity contribution in [2.75, 3.05) is 24.5 Å². The van der Waals surface area contributed by atoms with Crippen LogP contribution in [0.5, 0.6) is 0 Å². The second-order valence-electron chi connectivity index (χ2n) is 7.42. The molecule has 2 aromatic carbocycles. The van der Waals surface area contributed by atoms with Crippen LogP contribution < -0.4 is 10.2 Å². The van der Waals surface area contributed by atoms with E-state index >= 15 is 0 Å². The van der Waals surface area contributed by atoms with Gasteiger partial charge in [-0.2, -0.15) is 0 Å². The Morgan fingerprint density at radius 3 is 2.81 bits per heavy atom. The molecule has 4 rings (SSSR count). The zero-order valence-electron chi connectivity index (χ0n) is 15.7. The van der Waals surface area contributed by atoms with E-state index in [9.17, 15) is 4.79 Å². The first-order valence-corrected chi connectivity index (χ1v) is 9.73. The van der Waals surface area contributed by atoms with Gasteiger partial charge in [0, 0.05) is 19.6 Å². The summed E-state index contributed by atoms with van der Waals surface area (Å²) in [5.74, 6) is 1.34. The molecule has 27 heavy (non-hydrogen) atoms. The molecule has 0 spiro atoms. The lowest BCUT2D eigenvalue weighted by Crippen LogP contribution is -2.44. The first-order valence-electron chi connectivity index (χ1n) is 9.73. The van der Waals surface area contributed by atoms with E-state index in [0.29, 0.717) is 19.0 Å². The number of amides is 1. The molecule has 5 heteroatoms. The molecular formula is C22H26N4O. The van der Waals surface area contributed by atoms with Gasteiger partial charge < -0.3 is 15.2 Å². The predicted molar refractivity (Wildman–Crippen MR) is 109 cm³/mol. The van der Waals surface area contributed by atoms with Crippen LogP contribution >= 0.6 is 0 Å². The minimum atomic E-state index is 0.00920. The normalized spacial score (nSPS) is 18.4. The van der Waals surface area contributed by atoms with E-state index in [2.05, 4.69) is 39.2 Å². The number of carbonyl (C=O) groups excluding carboxylic acids is 1. The molecule has 5 nitrogen and oxygen atoms in total. The smallest absolute Gasteiger partial charge is 0.224 e. The van der Waals surface area contributed by atoms with Crippen molar-refractivity contribution in [2.45, 2.75) is 25.7 Å². The van der Waals surface area contributed by atoms with Crippen molar-refractivity contribution in [3.8, 4) is 0 Å². The summed E-state index contributed by atoms with van der Waals surface area (Å²) in [7, 11) is 0. The van der Waals surface area contributed by atoms with Crippen molar-refractivity contribution in [2.24, 2.45) is 5.92 Å². The van der Waals surface area contributed by atoms with Crippen molar-refractivity contribution >= 4 is 22.9 Å². The van der Waals surface area contributed by atoms with E-state index in [-0.39, 0.29) is 11.8 Å². The summed E-state index contributed by atoms with van der Waals surface area (Å²) in [6.07, 6.45) is 1.94. The third-order valence-electron chi connectivity index (χ3n) is 5.42. The molecule has 0 saturated carbocycles. The summed E-state index contributed by atoms with van der Waals surface area (Å²) in [5.41, 5.74) is 3.26. The molecule has 2 heterocycles. The number of rotatable bonds is 5. The van der Waals surface area contributed by atoms with Crippen LogP contribution in [0.1, 0.15) is 31.2 Å². The highest BCUT2D eigenvalue weighted by atomic mass is 16.1. The Balaban J connectivity index is 1.36. The molecule has 140 valence electrons. The zero-order valence-corrected chi connectivity index (χ0v) is 15.7. The quantitative estimate of drug-likeness (QED) is 0.727. The number of nitrogens with one attached hydrogen (secondary N) is 2. The Kier molecular flexibility index (Phi) is 5.10. The average molecular weight is 362 g/mol. The second kappa shape index (κ2) is 7.82. The molecule has 0 unspecified atom stereocenters. The van der Waals surface area contributed by atoms with Gasteiger partial charge in [-0.15, -0.1) is 0 Å². The Bertz CT molecular complexity index is 872. The van der Waals surface area contributed by atoms with Crippen molar-refractivity contribution in [1.29, 1.82) is 0 Å². The molecule has 2 N–H and O–H groups in total. The number of benzene rings is 2. The van der Waals surface area contributed by atoms with Crippen LogP contribution in [-0.2, 0) is 4.79 Å². The summed E-state index contributed by atoms with van der Waals surface area (Å²) < 4.78 is 0. The van der Waals surface area contributed by atoms with E-state index in [4.69, 9.17) is 0 Å². The summed E-state index contributed by atoms with van der Waals surface area (Å²) in [5, 5.41) is 3.15. The van der Waals surface area contributed by atoms with Gasteiger partial charge in [0.1, 0.15) is 0 Å². The molecule has 1 aromatic heterocycles. The Morgan fingerprint density at radius 2 is 2.00 bits per heavy atom. The molecule has 0 radical (unpaired) electrons. The predicted octanol–water partition coefficient (Wildman–Crippen LogP) is 3.70. The van der Waals surface area contributed by atoms with Crippen LogP contribution in [-0.4, -0.2) is 35.5 Å². The van der Waals surface area contributed by atoms with Crippen LogP contribution in [0, 0.1) is 5.92 Å². The molecular weight excluding hydrogens is 336 g/mol. The van der Waals surface area contributed by atoms with Crippen molar-refractivity contribution in [3.05, 3.63) is 60.2 Å². The van der Waals surface area contributed by atoms with Crippen molar-refractivity contribution in [1.82, 2.24) is 15.3 Å². The SMILES string of the molecule is C[C@H](CNC(=O)[C@H]1CCCN(c2nc3ccccc3[nH]2)C1)c1ccccc1. The van der Waals surface area contributed by atoms with Gasteiger partial charge >= 0.3 is 0 Å². The molecule has 1 fully saturated rings. The number of hydrogen-bond acceptors (Lipinski definition) is 3. The molecule has 1 aliphatic rings. The maximum atomic E-state index is 12.7. The lowest BCUT2D eigenvalue weighted by molar-refractivity contribution is -0.125. The first kappa shape index (κ1) is 17.6. The number of carbonyl (C=O) groups is 1. The molecule has 2 atom stereocenters. The van der Waals surface area contributed by atoms with Crippen molar-refractivity contribution < 1.29 is 4.79 Å². The van der Waals surface area contributed by atoms with E-state index < -0.39 is 0 Å². The van der Waals surface area contributed by atoms with Gasteiger partial charge in [-0.1, -0.05) is 49.4 Å². The highest BCUT2D eigenvalue weighted by Gasteiger charge is 2.27. The fourth-order valence-corrected chi connectivity index (χ4v) is 3.77. The number of fused-ring (bicyclic) bond motifs is 1. The molecule has 1 saturated heterocycles. The van der Waals surface area contributed by atoms with Crippen LogP contribution in [0.3, 0.4) is 0 Å².